The van der Waals surface area contributed by atoms with Gasteiger partial charge < -0.3 is 0 Å². The number of hydrogen-bond donors (Lipinski definition) is 1. The van der Waals surface area contributed by atoms with Crippen molar-refractivity contribution >= 4 is 5.69 Å². The topological polar surface area (TPSA) is 119 Å². The Kier molecular flexibility index (Phi) is 4.85. The number of ether oxygens (including phenoxy) is 1. The average Bonchev–Trinajstić information content (AvgIpc) is 2.30. The van der Waals surface area contributed by atoms with E-state index in [0.717, 1.165) is 0 Å². The van der Waals surface area contributed by atoms with Crippen LogP contribution < -0.4 is 9.07 Å². The molecular formula is C7H8CuN7O. The summed E-state index contributed by atoms with van der Waals surface area (Å²) in [5.41, 5.74) is 17.1. The van der Waals surface area contributed by atoms with Gasteiger partial charge >= 0.3 is 95.6 Å². The van der Waals surface area contributed by atoms with E-state index in [4.69, 9.17) is 15.8 Å². The number of azide groups is 1. The van der Waals surface area contributed by atoms with E-state index in [1.165, 1.54) is 7.11 Å². The summed E-state index contributed by atoms with van der Waals surface area (Å²) < 4.78 is 14.4. The van der Waals surface area contributed by atoms with Crippen LogP contribution in [0, 0.1) is 0 Å². The Hall–Kier alpha value is -2.04. The molecule has 8 nitrogen and oxygen atoms in total. The van der Waals surface area contributed by atoms with Gasteiger partial charge in [-0.3, -0.25) is 0 Å². The van der Waals surface area contributed by atoms with Gasteiger partial charge in [0.15, 0.2) is 0 Å². The molecule has 0 aliphatic carbocycles. The fraction of sp³-hybridized carbons (Fsp3) is 0.143. The summed E-state index contributed by atoms with van der Waals surface area (Å²) in [5.74, 6) is 0.569. The maximum atomic E-state index is 8.28. The van der Waals surface area contributed by atoms with Gasteiger partial charge in [-0.1, -0.05) is 0 Å². The molecule has 0 aromatic heterocycles. The number of methoxy groups -OCH3 is 1. The molecule has 0 radical (unpaired) electrons. The minimum absolute atomic E-state index is 0.569. The van der Waals surface area contributed by atoms with Crippen molar-refractivity contribution in [2.75, 3.05) is 11.4 Å². The monoisotopic (exact) mass is 269 g/mol. The number of anilines is 1. The van der Waals surface area contributed by atoms with Crippen LogP contribution in [0.15, 0.2) is 32.5 Å². The van der Waals surface area contributed by atoms with Gasteiger partial charge in [-0.05, 0) is 0 Å². The van der Waals surface area contributed by atoms with Gasteiger partial charge in [0.05, 0.1) is 0 Å². The Morgan fingerprint density at radius 1 is 1.25 bits per heavy atom. The first-order valence-corrected chi connectivity index (χ1v) is 5.22. The first-order valence-electron chi connectivity index (χ1n) is 3.91. The second kappa shape index (κ2) is 6.44. The number of hydrogen-bond acceptors (Lipinski definition) is 4. The predicted octanol–water partition coefficient (Wildman–Crippen LogP) is 3.09. The molecule has 0 saturated carbocycles. The second-order valence-electron chi connectivity index (χ2n) is 2.27. The van der Waals surface area contributed by atoms with Gasteiger partial charge in [-0.25, -0.2) is 0 Å². The summed E-state index contributed by atoms with van der Waals surface area (Å²) in [6, 6.07) is 7.02. The normalized spacial score (nSPS) is 9.44. The zero-order valence-corrected chi connectivity index (χ0v) is 9.14. The summed E-state index contributed by atoms with van der Waals surface area (Å²) >= 11 is -1.23. The van der Waals surface area contributed by atoms with Crippen molar-refractivity contribution in [2.24, 2.45) is 8.26 Å². The van der Waals surface area contributed by atoms with Crippen molar-refractivity contribution in [2.45, 2.75) is 0 Å². The number of nitrogens with one attached hydrogen (secondary N) is 1. The molecule has 0 heterocycles. The first-order chi connectivity index (χ1) is 7.81. The van der Waals surface area contributed by atoms with Crippen molar-refractivity contribution < 1.29 is 19.3 Å². The van der Waals surface area contributed by atoms with Crippen LogP contribution in [0.4, 0.5) is 5.69 Å². The van der Waals surface area contributed by atoms with Crippen molar-refractivity contribution in [3.63, 3.8) is 0 Å². The van der Waals surface area contributed by atoms with Crippen molar-refractivity contribution in [1.82, 2.24) is 0 Å². The number of rotatable bonds is 5. The van der Waals surface area contributed by atoms with Gasteiger partial charge in [-0.2, -0.15) is 0 Å². The molecule has 0 fully saturated rings. The Bertz CT molecular complexity index is 434. The van der Waals surface area contributed by atoms with E-state index >= 15 is 0 Å². The molecule has 16 heavy (non-hydrogen) atoms. The summed E-state index contributed by atoms with van der Waals surface area (Å²) in [5, 5.41) is 0. The molecule has 0 unspecified atom stereocenters. The number of nitrogens with zero attached hydrogens (tertiary/aromatic N) is 6. The first kappa shape index (κ1) is 12.0. The Balaban J connectivity index is 2.92. The molecule has 0 aliphatic rings. The Morgan fingerprint density at radius 3 is 2.44 bits per heavy atom. The van der Waals surface area contributed by atoms with E-state index in [0.29, 0.717) is 11.4 Å². The summed E-state index contributed by atoms with van der Waals surface area (Å²) in [6.07, 6.45) is 0. The van der Waals surface area contributed by atoms with E-state index in [1.807, 2.05) is 0 Å². The third-order valence-electron chi connectivity index (χ3n) is 1.42. The van der Waals surface area contributed by atoms with Crippen LogP contribution in [0.2, 0.25) is 0 Å². The molecule has 0 spiro atoms. The van der Waals surface area contributed by atoms with E-state index in [2.05, 4.69) is 22.4 Å². The zero-order valence-electron chi connectivity index (χ0n) is 8.20. The predicted molar refractivity (Wildman–Crippen MR) is 54.9 cm³/mol. The Labute approximate surface area is 96.0 Å². The molecule has 0 amide bonds. The third-order valence-corrected chi connectivity index (χ3v) is 2.41. The van der Waals surface area contributed by atoms with E-state index in [9.17, 15) is 0 Å². The molecule has 88 valence electrons. The second-order valence-corrected chi connectivity index (χ2v) is 3.49. The van der Waals surface area contributed by atoms with Gasteiger partial charge in [-0.15, -0.1) is 0 Å². The summed E-state index contributed by atoms with van der Waals surface area (Å²) in [4.78, 5) is 5.14. The van der Waals surface area contributed by atoms with Crippen LogP contribution in [0.1, 0.15) is 0 Å². The molecule has 1 aromatic carbocycles. The van der Waals surface area contributed by atoms with Crippen molar-refractivity contribution in [3.05, 3.63) is 45.2 Å². The minimum atomic E-state index is -1.23. The number of para-hydroxylation sites is 2. The van der Waals surface area contributed by atoms with Crippen LogP contribution >= 0.6 is 0 Å². The van der Waals surface area contributed by atoms with Crippen LogP contribution in [0.3, 0.4) is 0 Å². The quantitative estimate of drug-likeness (QED) is 0.382. The molecule has 0 aliphatic heterocycles. The molecule has 0 atom stereocenters. The van der Waals surface area contributed by atoms with Crippen LogP contribution in [-0.2, 0) is 14.6 Å². The van der Waals surface area contributed by atoms with Gasteiger partial charge in [0.2, 0.25) is 0 Å². The van der Waals surface area contributed by atoms with Gasteiger partial charge in [0.1, 0.15) is 0 Å². The zero-order chi connectivity index (χ0) is 11.8. The van der Waals surface area contributed by atoms with Crippen molar-refractivity contribution in [1.29, 1.82) is 0 Å². The van der Waals surface area contributed by atoms with Crippen molar-refractivity contribution in [3.8, 4) is 5.75 Å². The maximum absolute atomic E-state index is 8.28. The summed E-state index contributed by atoms with van der Waals surface area (Å²) in [7, 11) is 1.51. The van der Waals surface area contributed by atoms with Gasteiger partial charge in [0, 0.05) is 0 Å². The standard InChI is InChI=1S/C7H8NO.Cu.2N3/c1-9-7-5-3-2-4-6(7)8;;2*1-3-2/h2-5,8H,1H3;;;/q-1;+3;2*-1. The van der Waals surface area contributed by atoms with Crippen LogP contribution in [0.5, 0.6) is 5.75 Å². The molecule has 0 bridgehead atoms. The molecule has 9 heteroatoms. The van der Waals surface area contributed by atoms with Gasteiger partial charge in [0.25, 0.3) is 0 Å². The molecular weight excluding hydrogens is 262 g/mol. The number of benzene rings is 1. The van der Waals surface area contributed by atoms with Crippen LogP contribution in [0.25, 0.3) is 20.9 Å². The fourth-order valence-electron chi connectivity index (χ4n) is 0.873. The van der Waals surface area contributed by atoms with E-state index in [1.54, 1.807) is 24.3 Å². The van der Waals surface area contributed by atoms with Crippen LogP contribution in [-0.4, -0.2) is 7.11 Å². The van der Waals surface area contributed by atoms with E-state index in [-0.39, 0.29) is 0 Å². The SMILES string of the molecule is COc1ccccc1[NH][Cu]([N]=[N+]=[N-])[N]=[N+]=[N-]. The molecule has 0 saturated heterocycles. The Morgan fingerprint density at radius 2 is 1.88 bits per heavy atom. The third kappa shape index (κ3) is 3.27. The molecule has 1 aromatic rings. The van der Waals surface area contributed by atoms with E-state index < -0.39 is 14.6 Å². The summed E-state index contributed by atoms with van der Waals surface area (Å²) in [6.45, 7) is 0. The molecule has 1 rings (SSSR count). The average molecular weight is 270 g/mol. The fourth-order valence-corrected chi connectivity index (χ4v) is 1.59. The molecule has 1 N–H and O–H groups in total.